The largest absolute Gasteiger partial charge is 0.497 e. The Morgan fingerprint density at radius 2 is 1.96 bits per heavy atom. The molecule has 2 rings (SSSR count). The van der Waals surface area contributed by atoms with Gasteiger partial charge in [0.05, 0.1) is 7.11 Å². The van der Waals surface area contributed by atoms with Gasteiger partial charge in [-0.15, -0.1) is 0 Å². The highest BCUT2D eigenvalue weighted by atomic mass is 16.5. The van der Waals surface area contributed by atoms with Crippen molar-refractivity contribution in [3.63, 3.8) is 0 Å². The molecule has 2 aromatic rings. The van der Waals surface area contributed by atoms with Crippen LogP contribution in [0.3, 0.4) is 0 Å². The number of para-hydroxylation sites is 1. The van der Waals surface area contributed by atoms with Gasteiger partial charge in [-0.1, -0.05) is 30.3 Å². The molecule has 0 saturated carbocycles. The highest BCUT2D eigenvalue weighted by Crippen LogP contribution is 2.19. The van der Waals surface area contributed by atoms with Gasteiger partial charge in [0.15, 0.2) is 6.10 Å². The highest BCUT2D eigenvalue weighted by Gasteiger charge is 2.17. The van der Waals surface area contributed by atoms with Crippen LogP contribution in [0.25, 0.3) is 0 Å². The third kappa shape index (κ3) is 4.99. The van der Waals surface area contributed by atoms with Crippen molar-refractivity contribution >= 4 is 11.6 Å². The van der Waals surface area contributed by atoms with Crippen molar-refractivity contribution < 1.29 is 14.6 Å². The average Bonchev–Trinajstić information content (AvgIpc) is 2.65. The van der Waals surface area contributed by atoms with Crippen LogP contribution in [0.1, 0.15) is 18.1 Å². The van der Waals surface area contributed by atoms with E-state index in [1.165, 1.54) is 0 Å². The molecule has 0 saturated heterocycles. The second-order valence-electron chi connectivity index (χ2n) is 5.58. The topological polar surface area (TPSA) is 61.8 Å². The second-order valence-corrected chi connectivity index (χ2v) is 5.58. The Bertz CT molecular complexity index is 646. The first-order chi connectivity index (χ1) is 11.6. The number of carbonyl (C=O) groups excluding carboxylic acids is 1. The summed E-state index contributed by atoms with van der Waals surface area (Å²) in [5.41, 5.74) is 1.66. The summed E-state index contributed by atoms with van der Waals surface area (Å²) >= 11 is 0. The number of anilines is 1. The molecular formula is C19H24N2O3. The number of aliphatic hydroxyl groups is 1. The van der Waals surface area contributed by atoms with Crippen molar-refractivity contribution in [2.45, 2.75) is 12.5 Å². The Hall–Kier alpha value is -2.53. The molecule has 2 aromatic carbocycles. The molecule has 0 heterocycles. The Balaban J connectivity index is 1.76. The van der Waals surface area contributed by atoms with Crippen LogP contribution in [-0.4, -0.2) is 38.3 Å². The van der Waals surface area contributed by atoms with Gasteiger partial charge >= 0.3 is 0 Å². The summed E-state index contributed by atoms with van der Waals surface area (Å²) in [4.78, 5) is 14.2. The lowest BCUT2D eigenvalue weighted by molar-refractivity contribution is -0.129. The zero-order valence-electron chi connectivity index (χ0n) is 14.1. The van der Waals surface area contributed by atoms with Crippen molar-refractivity contribution in [2.75, 3.05) is 32.1 Å². The SMILES string of the molecule is COc1cccc(C(O)C(=O)NCCCN(C)c2ccccc2)c1. The van der Waals surface area contributed by atoms with Crippen molar-refractivity contribution in [1.82, 2.24) is 5.32 Å². The molecule has 1 atom stereocenters. The Labute approximate surface area is 142 Å². The molecule has 0 radical (unpaired) electrons. The first-order valence-electron chi connectivity index (χ1n) is 7.97. The lowest BCUT2D eigenvalue weighted by atomic mass is 10.1. The number of methoxy groups -OCH3 is 1. The lowest BCUT2D eigenvalue weighted by Crippen LogP contribution is -2.32. The number of amides is 1. The third-order valence-electron chi connectivity index (χ3n) is 3.82. The first kappa shape index (κ1) is 17.8. The average molecular weight is 328 g/mol. The summed E-state index contributed by atoms with van der Waals surface area (Å²) in [6.07, 6.45) is -0.394. The lowest BCUT2D eigenvalue weighted by Gasteiger charge is -2.19. The molecule has 2 N–H and O–H groups in total. The van der Waals surface area contributed by atoms with Crippen LogP contribution >= 0.6 is 0 Å². The molecule has 0 aliphatic carbocycles. The molecule has 0 aliphatic heterocycles. The maximum absolute atomic E-state index is 12.0. The number of aliphatic hydroxyl groups excluding tert-OH is 1. The monoisotopic (exact) mass is 328 g/mol. The maximum Gasteiger partial charge on any atom is 0.253 e. The summed E-state index contributed by atoms with van der Waals surface area (Å²) in [6, 6.07) is 17.0. The normalized spacial score (nSPS) is 11.6. The van der Waals surface area contributed by atoms with Crippen molar-refractivity contribution in [3.05, 3.63) is 60.2 Å². The van der Waals surface area contributed by atoms with Gasteiger partial charge in [-0.2, -0.15) is 0 Å². The van der Waals surface area contributed by atoms with Crippen LogP contribution in [0.5, 0.6) is 5.75 Å². The summed E-state index contributed by atoms with van der Waals surface area (Å²) in [6.45, 7) is 1.33. The number of ether oxygens (including phenoxy) is 1. The summed E-state index contributed by atoms with van der Waals surface area (Å²) < 4.78 is 5.10. The van der Waals surface area contributed by atoms with Crippen LogP contribution in [0.4, 0.5) is 5.69 Å². The number of hydrogen-bond acceptors (Lipinski definition) is 4. The van der Waals surface area contributed by atoms with E-state index in [0.29, 0.717) is 17.9 Å². The van der Waals surface area contributed by atoms with E-state index in [2.05, 4.69) is 10.2 Å². The zero-order valence-corrected chi connectivity index (χ0v) is 14.1. The molecular weight excluding hydrogens is 304 g/mol. The van der Waals surface area contributed by atoms with Gasteiger partial charge in [-0.3, -0.25) is 4.79 Å². The van der Waals surface area contributed by atoms with E-state index in [0.717, 1.165) is 18.7 Å². The maximum atomic E-state index is 12.0. The fourth-order valence-electron chi connectivity index (χ4n) is 2.40. The van der Waals surface area contributed by atoms with Gasteiger partial charge in [0, 0.05) is 25.8 Å². The van der Waals surface area contributed by atoms with Crippen molar-refractivity contribution in [3.8, 4) is 5.75 Å². The van der Waals surface area contributed by atoms with E-state index < -0.39 is 12.0 Å². The van der Waals surface area contributed by atoms with E-state index in [-0.39, 0.29) is 0 Å². The molecule has 0 aromatic heterocycles. The highest BCUT2D eigenvalue weighted by molar-refractivity contribution is 5.82. The quantitative estimate of drug-likeness (QED) is 0.730. The van der Waals surface area contributed by atoms with E-state index in [1.54, 1.807) is 31.4 Å². The van der Waals surface area contributed by atoms with Crippen molar-refractivity contribution in [1.29, 1.82) is 0 Å². The molecule has 128 valence electrons. The molecule has 5 heteroatoms. The molecule has 0 spiro atoms. The van der Waals surface area contributed by atoms with Crippen LogP contribution in [0.15, 0.2) is 54.6 Å². The summed E-state index contributed by atoms with van der Waals surface area (Å²) in [5, 5.41) is 12.9. The molecule has 0 aliphatic rings. The van der Waals surface area contributed by atoms with E-state index in [1.807, 2.05) is 37.4 Å². The Kier molecular flexibility index (Phi) is 6.63. The van der Waals surface area contributed by atoms with Gasteiger partial charge < -0.3 is 20.1 Å². The fraction of sp³-hybridized carbons (Fsp3) is 0.316. The third-order valence-corrected chi connectivity index (χ3v) is 3.82. The minimum Gasteiger partial charge on any atom is -0.497 e. The fourth-order valence-corrected chi connectivity index (χ4v) is 2.40. The van der Waals surface area contributed by atoms with E-state index in [9.17, 15) is 9.90 Å². The molecule has 1 unspecified atom stereocenters. The first-order valence-corrected chi connectivity index (χ1v) is 7.97. The molecule has 1 amide bonds. The molecule has 5 nitrogen and oxygen atoms in total. The Morgan fingerprint density at radius 1 is 1.21 bits per heavy atom. The molecule has 0 fully saturated rings. The Morgan fingerprint density at radius 3 is 2.67 bits per heavy atom. The van der Waals surface area contributed by atoms with Gasteiger partial charge in [-0.25, -0.2) is 0 Å². The van der Waals surface area contributed by atoms with Gasteiger partial charge in [0.2, 0.25) is 0 Å². The predicted octanol–water partition coefficient (Wildman–Crippen LogP) is 2.37. The number of nitrogens with zero attached hydrogens (tertiary/aromatic N) is 1. The number of nitrogens with one attached hydrogen (secondary N) is 1. The van der Waals surface area contributed by atoms with E-state index in [4.69, 9.17) is 4.74 Å². The van der Waals surface area contributed by atoms with Crippen LogP contribution < -0.4 is 15.0 Å². The van der Waals surface area contributed by atoms with Gasteiger partial charge in [0.1, 0.15) is 5.75 Å². The smallest absolute Gasteiger partial charge is 0.253 e. The van der Waals surface area contributed by atoms with Gasteiger partial charge in [0.25, 0.3) is 5.91 Å². The van der Waals surface area contributed by atoms with Crippen LogP contribution in [-0.2, 0) is 4.79 Å². The number of rotatable bonds is 8. The molecule has 0 bridgehead atoms. The minimum absolute atomic E-state index is 0.398. The van der Waals surface area contributed by atoms with Crippen molar-refractivity contribution in [2.24, 2.45) is 0 Å². The van der Waals surface area contributed by atoms with E-state index >= 15 is 0 Å². The van der Waals surface area contributed by atoms with Crippen LogP contribution in [0.2, 0.25) is 0 Å². The summed E-state index contributed by atoms with van der Waals surface area (Å²) in [5.74, 6) is 0.217. The minimum atomic E-state index is -1.19. The predicted molar refractivity (Wildman–Crippen MR) is 95.3 cm³/mol. The standard InChI is InChI=1S/C19H24N2O3/c1-21(16-9-4-3-5-10-16)13-7-12-20-19(23)18(22)15-8-6-11-17(14-15)24-2/h3-6,8-11,14,18,22H,7,12-13H2,1-2H3,(H,20,23). The number of carbonyl (C=O) groups is 1. The number of benzene rings is 2. The number of hydrogen-bond donors (Lipinski definition) is 2. The second kappa shape index (κ2) is 8.93. The van der Waals surface area contributed by atoms with Gasteiger partial charge in [-0.05, 0) is 36.2 Å². The van der Waals surface area contributed by atoms with Crippen LogP contribution in [0, 0.1) is 0 Å². The molecule has 24 heavy (non-hydrogen) atoms. The summed E-state index contributed by atoms with van der Waals surface area (Å²) in [7, 11) is 3.57. The zero-order chi connectivity index (χ0) is 17.4.